The van der Waals surface area contributed by atoms with Gasteiger partial charge in [0.25, 0.3) is 5.56 Å². The maximum absolute atomic E-state index is 12.7. The van der Waals surface area contributed by atoms with Crippen molar-refractivity contribution in [3.8, 4) is 10.6 Å². The van der Waals surface area contributed by atoms with Gasteiger partial charge in [-0.25, -0.2) is 0 Å². The molecule has 0 amide bonds. The van der Waals surface area contributed by atoms with Crippen molar-refractivity contribution in [3.05, 3.63) is 39.9 Å². The summed E-state index contributed by atoms with van der Waals surface area (Å²) < 4.78 is 8.16. The molecule has 0 aliphatic carbocycles. The number of aryl methyl sites for hydroxylation is 1. The van der Waals surface area contributed by atoms with Gasteiger partial charge in [-0.3, -0.25) is 9.48 Å². The number of rotatable bonds is 1. The van der Waals surface area contributed by atoms with Crippen LogP contribution in [0.1, 0.15) is 32.0 Å². The molecule has 0 saturated carbocycles. The van der Waals surface area contributed by atoms with Crippen LogP contribution in [-0.2, 0) is 24.0 Å². The Bertz CT molecular complexity index is 1020. The molecule has 1 aliphatic heterocycles. The van der Waals surface area contributed by atoms with Gasteiger partial charge in [-0.05, 0) is 17.5 Å². The number of nitrogens with one attached hydrogen (secondary N) is 1. The summed E-state index contributed by atoms with van der Waals surface area (Å²) in [7, 11) is 1.88. The summed E-state index contributed by atoms with van der Waals surface area (Å²) in [5.41, 5.74) is 0.525. The molecule has 6 nitrogen and oxygen atoms in total. The van der Waals surface area contributed by atoms with Crippen LogP contribution in [0, 0.1) is 5.41 Å². The van der Waals surface area contributed by atoms with E-state index in [1.54, 1.807) is 10.9 Å². The number of H-pyrrole nitrogens is 1. The molecule has 0 bridgehead atoms. The van der Waals surface area contributed by atoms with E-state index in [0.717, 1.165) is 21.5 Å². The van der Waals surface area contributed by atoms with E-state index in [1.165, 1.54) is 11.3 Å². The molecule has 4 rings (SSSR count). The van der Waals surface area contributed by atoms with Crippen LogP contribution in [-0.4, -0.2) is 26.5 Å². The summed E-state index contributed by atoms with van der Waals surface area (Å²) in [4.78, 5) is 16.6. The Hall–Kier alpha value is -1.96. The lowest BCUT2D eigenvalue weighted by Gasteiger charge is -2.43. The van der Waals surface area contributed by atoms with Gasteiger partial charge in [0, 0.05) is 24.2 Å². The summed E-state index contributed by atoms with van der Waals surface area (Å²) >= 11 is 1.43. The molecule has 0 fully saturated rings. The highest BCUT2D eigenvalue weighted by Gasteiger charge is 2.47. The van der Waals surface area contributed by atoms with E-state index in [1.807, 2.05) is 40.0 Å². The first-order chi connectivity index (χ1) is 11.7. The Kier molecular flexibility index (Phi) is 3.48. The van der Waals surface area contributed by atoms with Crippen molar-refractivity contribution in [1.82, 2.24) is 14.8 Å². The van der Waals surface area contributed by atoms with E-state index < -0.39 is 11.0 Å². The summed E-state index contributed by atoms with van der Waals surface area (Å²) in [6, 6.07) is 3.93. The highest BCUT2D eigenvalue weighted by atomic mass is 32.1. The lowest BCUT2D eigenvalue weighted by Crippen LogP contribution is -2.48. The van der Waals surface area contributed by atoms with Crippen molar-refractivity contribution in [2.24, 2.45) is 12.5 Å². The number of aromatic amines is 1. The van der Waals surface area contributed by atoms with Crippen LogP contribution in [0.2, 0.25) is 0 Å². The number of nitrogens with zero attached hydrogens (tertiary/aromatic N) is 2. The van der Waals surface area contributed by atoms with Crippen molar-refractivity contribution in [2.45, 2.75) is 33.0 Å². The molecule has 0 spiro atoms. The molecule has 4 heterocycles. The summed E-state index contributed by atoms with van der Waals surface area (Å²) in [5.74, 6) is 0. The van der Waals surface area contributed by atoms with Gasteiger partial charge >= 0.3 is 0 Å². The second kappa shape index (κ2) is 5.27. The molecule has 2 N–H and O–H groups in total. The van der Waals surface area contributed by atoms with E-state index in [9.17, 15) is 9.90 Å². The monoisotopic (exact) mass is 359 g/mol. The van der Waals surface area contributed by atoms with Crippen LogP contribution in [0.3, 0.4) is 0 Å². The smallest absolute Gasteiger partial charge is 0.266 e. The fourth-order valence-corrected chi connectivity index (χ4v) is 4.51. The summed E-state index contributed by atoms with van der Waals surface area (Å²) in [6.07, 6.45) is 1.74. The van der Waals surface area contributed by atoms with Crippen molar-refractivity contribution >= 4 is 21.4 Å². The molecule has 0 saturated heterocycles. The molecule has 0 radical (unpaired) electrons. The number of hydrogen-bond donors (Lipinski definition) is 2. The Labute approximate surface area is 149 Å². The number of fused-ring (bicyclic) bond motifs is 3. The zero-order valence-corrected chi connectivity index (χ0v) is 15.5. The third-order valence-corrected chi connectivity index (χ3v) is 6.25. The van der Waals surface area contributed by atoms with Gasteiger partial charge in [0.15, 0.2) is 0 Å². The standard InChI is InChI=1S/C18H21N3O3S/c1-17(2,3)18(23)9-24-8-11-10-7-13(12-5-6-19-21(12)4)25-14(10)16(22)20-15(11)18/h5-7,23H,8-9H2,1-4H3,(H,20,22)/t18-/m0/s1. The second-order valence-electron chi connectivity index (χ2n) is 7.60. The maximum atomic E-state index is 12.7. The molecule has 25 heavy (non-hydrogen) atoms. The maximum Gasteiger partial charge on any atom is 0.266 e. The first-order valence-electron chi connectivity index (χ1n) is 8.20. The van der Waals surface area contributed by atoms with Crippen molar-refractivity contribution in [2.75, 3.05) is 6.61 Å². The van der Waals surface area contributed by atoms with E-state index in [-0.39, 0.29) is 12.2 Å². The van der Waals surface area contributed by atoms with Gasteiger partial charge in [-0.1, -0.05) is 20.8 Å². The van der Waals surface area contributed by atoms with Crippen LogP contribution in [0.4, 0.5) is 0 Å². The number of aromatic nitrogens is 3. The topological polar surface area (TPSA) is 80.1 Å². The lowest BCUT2D eigenvalue weighted by molar-refractivity contribution is -0.139. The third kappa shape index (κ3) is 2.30. The molecule has 1 atom stereocenters. The average Bonchev–Trinajstić information content (AvgIpc) is 3.14. The normalized spacial score (nSPS) is 20.8. The van der Waals surface area contributed by atoms with Crippen LogP contribution in [0.25, 0.3) is 20.7 Å². The molecule has 3 aromatic rings. The van der Waals surface area contributed by atoms with Gasteiger partial charge in [-0.15, -0.1) is 11.3 Å². The van der Waals surface area contributed by atoms with Crippen LogP contribution in [0.5, 0.6) is 0 Å². The number of thiophene rings is 1. The van der Waals surface area contributed by atoms with Crippen molar-refractivity contribution < 1.29 is 9.84 Å². The number of aliphatic hydroxyl groups is 1. The minimum Gasteiger partial charge on any atom is -0.381 e. The number of pyridine rings is 1. The zero-order chi connectivity index (χ0) is 18.0. The first kappa shape index (κ1) is 16.5. The van der Waals surface area contributed by atoms with Crippen molar-refractivity contribution in [1.29, 1.82) is 0 Å². The first-order valence-corrected chi connectivity index (χ1v) is 9.02. The molecular formula is C18H21N3O3S. The number of hydrogen-bond acceptors (Lipinski definition) is 5. The van der Waals surface area contributed by atoms with Gasteiger partial charge in [0.2, 0.25) is 0 Å². The molecule has 1 aliphatic rings. The quantitative estimate of drug-likeness (QED) is 0.700. The van der Waals surface area contributed by atoms with E-state index in [4.69, 9.17) is 4.74 Å². The second-order valence-corrected chi connectivity index (χ2v) is 8.66. The fourth-order valence-electron chi connectivity index (χ4n) is 3.37. The Morgan fingerprint density at radius 3 is 2.84 bits per heavy atom. The summed E-state index contributed by atoms with van der Waals surface area (Å²) in [5, 5.41) is 16.3. The van der Waals surface area contributed by atoms with E-state index in [0.29, 0.717) is 17.0 Å². The minimum absolute atomic E-state index is 0.170. The average molecular weight is 359 g/mol. The minimum atomic E-state index is -1.23. The van der Waals surface area contributed by atoms with E-state index in [2.05, 4.69) is 10.1 Å². The molecule has 0 unspecified atom stereocenters. The molecule has 132 valence electrons. The summed E-state index contributed by atoms with van der Waals surface area (Å²) in [6.45, 7) is 6.39. The van der Waals surface area contributed by atoms with Crippen molar-refractivity contribution in [3.63, 3.8) is 0 Å². The predicted octanol–water partition coefficient (Wildman–Crippen LogP) is 2.75. The third-order valence-electron chi connectivity index (χ3n) is 5.09. The molecule has 0 aromatic carbocycles. The van der Waals surface area contributed by atoms with Crippen LogP contribution < -0.4 is 5.56 Å². The van der Waals surface area contributed by atoms with Gasteiger partial charge < -0.3 is 14.8 Å². The van der Waals surface area contributed by atoms with Crippen LogP contribution in [0.15, 0.2) is 23.1 Å². The SMILES string of the molecule is Cn1nccc1-c1cc2c3c([nH]c(=O)c2s1)[C@](O)(C(C)(C)C)COC3. The van der Waals surface area contributed by atoms with Gasteiger partial charge in [0.1, 0.15) is 10.3 Å². The largest absolute Gasteiger partial charge is 0.381 e. The number of ether oxygens (including phenoxy) is 1. The van der Waals surface area contributed by atoms with Crippen LogP contribution >= 0.6 is 11.3 Å². The lowest BCUT2D eigenvalue weighted by atomic mass is 9.72. The molecule has 3 aromatic heterocycles. The van der Waals surface area contributed by atoms with E-state index >= 15 is 0 Å². The Morgan fingerprint density at radius 1 is 1.44 bits per heavy atom. The zero-order valence-electron chi connectivity index (χ0n) is 14.7. The Morgan fingerprint density at radius 2 is 2.20 bits per heavy atom. The molecular weight excluding hydrogens is 338 g/mol. The highest BCUT2D eigenvalue weighted by molar-refractivity contribution is 7.22. The Balaban J connectivity index is 2.01. The highest BCUT2D eigenvalue weighted by Crippen LogP contribution is 2.45. The van der Waals surface area contributed by atoms with Gasteiger partial charge in [0.05, 0.1) is 29.5 Å². The fraction of sp³-hybridized carbons (Fsp3) is 0.444. The van der Waals surface area contributed by atoms with Gasteiger partial charge in [-0.2, -0.15) is 5.10 Å². The predicted molar refractivity (Wildman–Crippen MR) is 97.7 cm³/mol. The molecule has 7 heteroatoms.